The summed E-state index contributed by atoms with van der Waals surface area (Å²) in [5, 5.41) is 0. The van der Waals surface area contributed by atoms with Crippen LogP contribution in [-0.4, -0.2) is 12.7 Å². The molecule has 2 aromatic rings. The van der Waals surface area contributed by atoms with Crippen LogP contribution in [0.3, 0.4) is 0 Å². The average Bonchev–Trinajstić information content (AvgIpc) is 2.76. The van der Waals surface area contributed by atoms with Gasteiger partial charge in [0, 0.05) is 17.7 Å². The maximum atomic E-state index is 6.06. The Kier molecular flexibility index (Phi) is 8.19. The molecule has 1 saturated carbocycles. The van der Waals surface area contributed by atoms with Crippen LogP contribution in [0.2, 0.25) is 0 Å². The fraction of sp³-hybridized carbons (Fsp3) is 0.481. The Morgan fingerprint density at radius 2 is 1.39 bits per heavy atom. The first kappa shape index (κ1) is 20.7. The topological polar surface area (TPSA) is 9.23 Å². The van der Waals surface area contributed by atoms with Crippen molar-refractivity contribution in [3.05, 3.63) is 70.8 Å². The van der Waals surface area contributed by atoms with E-state index in [-0.39, 0.29) is 0 Å². The van der Waals surface area contributed by atoms with E-state index in [0.29, 0.717) is 12.0 Å². The van der Waals surface area contributed by atoms with E-state index < -0.39 is 0 Å². The van der Waals surface area contributed by atoms with Crippen molar-refractivity contribution in [2.45, 2.75) is 77.2 Å². The van der Waals surface area contributed by atoms with E-state index in [1.54, 1.807) is 0 Å². The molecule has 0 aliphatic heterocycles. The van der Waals surface area contributed by atoms with Crippen molar-refractivity contribution in [3.63, 3.8) is 0 Å². The molecule has 28 heavy (non-hydrogen) atoms. The first-order chi connectivity index (χ1) is 13.8. The van der Waals surface area contributed by atoms with Crippen LogP contribution in [0.25, 0.3) is 0 Å². The first-order valence-electron chi connectivity index (χ1n) is 11.1. The molecule has 3 rings (SSSR count). The van der Waals surface area contributed by atoms with Gasteiger partial charge in [0.05, 0.1) is 6.10 Å². The first-order valence-corrected chi connectivity index (χ1v) is 11.1. The molecule has 148 valence electrons. The molecule has 1 heteroatoms. The van der Waals surface area contributed by atoms with E-state index in [0.717, 1.165) is 24.2 Å². The zero-order valence-corrected chi connectivity index (χ0v) is 17.5. The van der Waals surface area contributed by atoms with Gasteiger partial charge in [-0.1, -0.05) is 62.8 Å². The van der Waals surface area contributed by atoms with Crippen molar-refractivity contribution in [2.75, 3.05) is 6.61 Å². The van der Waals surface area contributed by atoms with Crippen LogP contribution in [0.15, 0.2) is 48.5 Å². The third-order valence-electron chi connectivity index (χ3n) is 5.87. The minimum absolute atomic E-state index is 0.484. The molecule has 0 radical (unpaired) electrons. The molecule has 0 amide bonds. The SMILES string of the molecule is CCCCCOC1CCC(c2ccc(C#Cc3ccc(CC)cc3)cc2)CC1. The summed E-state index contributed by atoms with van der Waals surface area (Å²) in [6.45, 7) is 5.36. The number of rotatable bonds is 7. The minimum Gasteiger partial charge on any atom is -0.378 e. The summed E-state index contributed by atoms with van der Waals surface area (Å²) in [6.07, 6.45) is 10.2. The van der Waals surface area contributed by atoms with Gasteiger partial charge >= 0.3 is 0 Å². The third-order valence-corrected chi connectivity index (χ3v) is 5.87. The lowest BCUT2D eigenvalue weighted by Gasteiger charge is -2.29. The monoisotopic (exact) mass is 374 g/mol. The molecule has 1 aliphatic carbocycles. The Labute approximate surface area is 171 Å². The predicted molar refractivity (Wildman–Crippen MR) is 119 cm³/mol. The molecule has 0 saturated heterocycles. The van der Waals surface area contributed by atoms with Crippen LogP contribution in [0.5, 0.6) is 0 Å². The summed E-state index contributed by atoms with van der Waals surface area (Å²) in [4.78, 5) is 0. The van der Waals surface area contributed by atoms with Gasteiger partial charge in [-0.25, -0.2) is 0 Å². The zero-order chi connectivity index (χ0) is 19.6. The average molecular weight is 375 g/mol. The van der Waals surface area contributed by atoms with Crippen LogP contribution in [0.4, 0.5) is 0 Å². The van der Waals surface area contributed by atoms with Crippen molar-refractivity contribution in [2.24, 2.45) is 0 Å². The summed E-state index contributed by atoms with van der Waals surface area (Å²) < 4.78 is 6.06. The number of ether oxygens (including phenoxy) is 1. The highest BCUT2D eigenvalue weighted by Crippen LogP contribution is 2.34. The molecule has 1 fully saturated rings. The Morgan fingerprint density at radius 3 is 1.96 bits per heavy atom. The van der Waals surface area contributed by atoms with Gasteiger partial charge < -0.3 is 4.74 Å². The maximum absolute atomic E-state index is 6.06. The highest BCUT2D eigenvalue weighted by molar-refractivity contribution is 5.44. The normalized spacial score (nSPS) is 19.1. The van der Waals surface area contributed by atoms with Crippen LogP contribution < -0.4 is 0 Å². The second-order valence-electron chi connectivity index (χ2n) is 7.97. The Bertz CT molecular complexity index is 753. The molecule has 0 bridgehead atoms. The molecule has 0 spiro atoms. The van der Waals surface area contributed by atoms with Crippen molar-refractivity contribution in [3.8, 4) is 11.8 Å². The number of benzene rings is 2. The summed E-state index contributed by atoms with van der Waals surface area (Å²) in [5.74, 6) is 7.26. The van der Waals surface area contributed by atoms with E-state index in [4.69, 9.17) is 4.74 Å². The van der Waals surface area contributed by atoms with E-state index in [1.165, 1.54) is 56.1 Å². The molecular formula is C27H34O. The third kappa shape index (κ3) is 6.25. The largest absolute Gasteiger partial charge is 0.378 e. The Morgan fingerprint density at radius 1 is 0.786 bits per heavy atom. The Balaban J connectivity index is 1.49. The summed E-state index contributed by atoms with van der Waals surface area (Å²) >= 11 is 0. The summed E-state index contributed by atoms with van der Waals surface area (Å²) in [5.41, 5.74) is 4.99. The lowest BCUT2D eigenvalue weighted by molar-refractivity contribution is 0.0227. The zero-order valence-electron chi connectivity index (χ0n) is 17.5. The molecule has 0 aromatic heterocycles. The van der Waals surface area contributed by atoms with Gasteiger partial charge in [0.25, 0.3) is 0 Å². The molecule has 0 N–H and O–H groups in total. The van der Waals surface area contributed by atoms with Gasteiger partial charge in [-0.3, -0.25) is 0 Å². The van der Waals surface area contributed by atoms with Crippen LogP contribution in [0, 0.1) is 11.8 Å². The maximum Gasteiger partial charge on any atom is 0.0575 e. The lowest BCUT2D eigenvalue weighted by Crippen LogP contribution is -2.21. The number of aryl methyl sites for hydroxylation is 1. The number of hydrogen-bond donors (Lipinski definition) is 0. The molecule has 0 unspecified atom stereocenters. The molecule has 2 aromatic carbocycles. The van der Waals surface area contributed by atoms with Crippen molar-refractivity contribution >= 4 is 0 Å². The second-order valence-corrected chi connectivity index (χ2v) is 7.97. The fourth-order valence-electron chi connectivity index (χ4n) is 3.97. The quantitative estimate of drug-likeness (QED) is 0.379. The molecule has 1 nitrogen and oxygen atoms in total. The van der Waals surface area contributed by atoms with E-state index >= 15 is 0 Å². The fourth-order valence-corrected chi connectivity index (χ4v) is 3.97. The predicted octanol–water partition coefficient (Wildman–Crippen LogP) is 6.88. The van der Waals surface area contributed by atoms with Gasteiger partial charge in [-0.2, -0.15) is 0 Å². The molecule has 0 heterocycles. The van der Waals surface area contributed by atoms with Crippen molar-refractivity contribution in [1.29, 1.82) is 0 Å². The van der Waals surface area contributed by atoms with Crippen LogP contribution >= 0.6 is 0 Å². The van der Waals surface area contributed by atoms with Crippen LogP contribution in [0.1, 0.15) is 87.0 Å². The van der Waals surface area contributed by atoms with Gasteiger partial charge in [-0.15, -0.1) is 0 Å². The summed E-state index contributed by atoms with van der Waals surface area (Å²) in [7, 11) is 0. The molecular weight excluding hydrogens is 340 g/mol. The van der Waals surface area contributed by atoms with E-state index in [2.05, 4.69) is 74.2 Å². The highest BCUT2D eigenvalue weighted by atomic mass is 16.5. The van der Waals surface area contributed by atoms with E-state index in [1.807, 2.05) is 0 Å². The highest BCUT2D eigenvalue weighted by Gasteiger charge is 2.22. The van der Waals surface area contributed by atoms with Crippen molar-refractivity contribution < 1.29 is 4.74 Å². The summed E-state index contributed by atoms with van der Waals surface area (Å²) in [6, 6.07) is 17.5. The van der Waals surface area contributed by atoms with Gasteiger partial charge in [0.1, 0.15) is 0 Å². The number of hydrogen-bond acceptors (Lipinski definition) is 1. The van der Waals surface area contributed by atoms with Gasteiger partial charge in [0.15, 0.2) is 0 Å². The standard InChI is InChI=1S/C27H34O/c1-3-5-6-21-28-27-19-17-26(18-20-27)25-15-13-24(14-16-25)12-11-23-9-7-22(4-2)8-10-23/h7-10,13-16,26-27H,3-6,17-21H2,1-2H3. The van der Waals surface area contributed by atoms with Gasteiger partial charge in [0.2, 0.25) is 0 Å². The van der Waals surface area contributed by atoms with E-state index in [9.17, 15) is 0 Å². The smallest absolute Gasteiger partial charge is 0.0575 e. The second kappa shape index (κ2) is 11.1. The van der Waals surface area contributed by atoms with Gasteiger partial charge in [-0.05, 0) is 79.8 Å². The number of unbranched alkanes of at least 4 members (excludes halogenated alkanes) is 2. The Hall–Kier alpha value is -2.04. The minimum atomic E-state index is 0.484. The lowest BCUT2D eigenvalue weighted by atomic mass is 9.82. The molecule has 0 atom stereocenters. The van der Waals surface area contributed by atoms with Crippen molar-refractivity contribution in [1.82, 2.24) is 0 Å². The molecule has 1 aliphatic rings. The van der Waals surface area contributed by atoms with Crippen LogP contribution in [-0.2, 0) is 11.2 Å².